The molecule has 2 heterocycles. The molecule has 2 aromatic heterocycles. The second kappa shape index (κ2) is 7.09. The molecule has 0 spiro atoms. The van der Waals surface area contributed by atoms with Gasteiger partial charge in [-0.05, 0) is 45.8 Å². The summed E-state index contributed by atoms with van der Waals surface area (Å²) >= 11 is 0. The van der Waals surface area contributed by atoms with Crippen molar-refractivity contribution >= 4 is 43.4 Å². The normalized spacial score (nSPS) is 10.9. The molecule has 0 N–H and O–H groups in total. The fourth-order valence-corrected chi connectivity index (χ4v) is 3.56. The smallest absolute Gasteiger partial charge is 0.0964 e. The molecule has 6 aromatic rings. The topological polar surface area (TPSA) is 25.8 Å². The van der Waals surface area contributed by atoms with Crippen LogP contribution in [-0.4, -0.2) is 9.97 Å². The Morgan fingerprint density at radius 3 is 1.11 bits per heavy atom. The largest absolute Gasteiger partial charge is 0.254 e. The fourth-order valence-electron chi connectivity index (χ4n) is 3.56. The lowest BCUT2D eigenvalue weighted by Gasteiger charge is -2.00. The summed E-state index contributed by atoms with van der Waals surface area (Å²) in [6, 6.07) is 33.6. The van der Waals surface area contributed by atoms with Crippen molar-refractivity contribution in [3.8, 4) is 0 Å². The number of rotatable bonds is 0. The Morgan fingerprint density at radius 1 is 0.357 bits per heavy atom. The maximum atomic E-state index is 4.35. The Hall–Kier alpha value is -3.78. The second-order valence-corrected chi connectivity index (χ2v) is 6.76. The SMILES string of the molecule is c1ccc2cc3ccccc3cc2c1.c1cnc2c(c1)ccc1cccnc12. The first-order valence-corrected chi connectivity index (χ1v) is 9.34. The highest BCUT2D eigenvalue weighted by Gasteiger charge is 2.00. The van der Waals surface area contributed by atoms with Gasteiger partial charge in [0.1, 0.15) is 0 Å². The standard InChI is InChI=1S/C14H10.C12H8N2/c1-2-6-12-10-14-8-4-3-7-13(14)9-11(12)5-1;1-3-9-5-6-10-4-2-8-14-12(10)11(9)13-7-1/h1-10H;1-8H. The van der Waals surface area contributed by atoms with Crippen LogP contribution < -0.4 is 0 Å². The van der Waals surface area contributed by atoms with Gasteiger partial charge in [-0.25, -0.2) is 0 Å². The molecule has 0 atom stereocenters. The van der Waals surface area contributed by atoms with Crippen LogP contribution in [0.15, 0.2) is 109 Å². The maximum absolute atomic E-state index is 4.35. The summed E-state index contributed by atoms with van der Waals surface area (Å²) in [5, 5.41) is 7.52. The van der Waals surface area contributed by atoms with Gasteiger partial charge in [-0.15, -0.1) is 0 Å². The van der Waals surface area contributed by atoms with Crippen molar-refractivity contribution in [2.45, 2.75) is 0 Å². The van der Waals surface area contributed by atoms with E-state index in [0.717, 1.165) is 21.8 Å². The molecule has 28 heavy (non-hydrogen) atoms. The third-order valence-electron chi connectivity index (χ3n) is 4.96. The van der Waals surface area contributed by atoms with Gasteiger partial charge in [0.25, 0.3) is 0 Å². The average Bonchev–Trinajstić information content (AvgIpc) is 2.78. The number of hydrogen-bond donors (Lipinski definition) is 0. The second-order valence-electron chi connectivity index (χ2n) is 6.76. The van der Waals surface area contributed by atoms with Crippen LogP contribution in [0.4, 0.5) is 0 Å². The predicted octanol–water partition coefficient (Wildman–Crippen LogP) is 6.78. The fraction of sp³-hybridized carbons (Fsp3) is 0. The van der Waals surface area contributed by atoms with E-state index in [1.807, 2.05) is 12.1 Å². The van der Waals surface area contributed by atoms with Crippen LogP contribution in [0.2, 0.25) is 0 Å². The number of nitrogens with zero attached hydrogens (tertiary/aromatic N) is 2. The van der Waals surface area contributed by atoms with Crippen molar-refractivity contribution in [1.82, 2.24) is 9.97 Å². The van der Waals surface area contributed by atoms with Crippen LogP contribution in [0.1, 0.15) is 0 Å². The lowest BCUT2D eigenvalue weighted by atomic mass is 10.0. The Kier molecular flexibility index (Phi) is 4.15. The third kappa shape index (κ3) is 3.06. The number of fused-ring (bicyclic) bond motifs is 5. The number of pyridine rings is 2. The Bertz CT molecular complexity index is 1240. The molecule has 0 unspecified atom stereocenters. The molecule has 6 rings (SSSR count). The minimum atomic E-state index is 0.977. The number of benzene rings is 4. The molecule has 0 saturated carbocycles. The van der Waals surface area contributed by atoms with Gasteiger partial charge in [-0.1, -0.05) is 72.8 Å². The molecule has 0 amide bonds. The minimum Gasteiger partial charge on any atom is -0.254 e. The highest BCUT2D eigenvalue weighted by atomic mass is 14.7. The van der Waals surface area contributed by atoms with Crippen molar-refractivity contribution in [2.75, 3.05) is 0 Å². The Labute approximate surface area is 163 Å². The van der Waals surface area contributed by atoms with Crippen LogP contribution in [-0.2, 0) is 0 Å². The molecule has 0 fully saturated rings. The predicted molar refractivity (Wildman–Crippen MR) is 118 cm³/mol. The third-order valence-corrected chi connectivity index (χ3v) is 4.96. The minimum absolute atomic E-state index is 0.977. The number of hydrogen-bond acceptors (Lipinski definition) is 2. The molecule has 0 radical (unpaired) electrons. The van der Waals surface area contributed by atoms with Gasteiger partial charge in [0.05, 0.1) is 11.0 Å². The van der Waals surface area contributed by atoms with E-state index in [-0.39, 0.29) is 0 Å². The highest BCUT2D eigenvalue weighted by Crippen LogP contribution is 2.22. The summed E-state index contributed by atoms with van der Waals surface area (Å²) in [5.74, 6) is 0. The summed E-state index contributed by atoms with van der Waals surface area (Å²) in [4.78, 5) is 8.69. The molecule has 0 aliphatic heterocycles. The maximum Gasteiger partial charge on any atom is 0.0964 e. The molecule has 0 aliphatic carbocycles. The monoisotopic (exact) mass is 358 g/mol. The average molecular weight is 358 g/mol. The first kappa shape index (κ1) is 16.4. The van der Waals surface area contributed by atoms with Gasteiger partial charge in [-0.2, -0.15) is 0 Å². The lowest BCUT2D eigenvalue weighted by molar-refractivity contribution is 1.37. The highest BCUT2D eigenvalue weighted by molar-refractivity contribution is 6.02. The molecule has 2 heteroatoms. The van der Waals surface area contributed by atoms with E-state index in [4.69, 9.17) is 0 Å². The first-order valence-electron chi connectivity index (χ1n) is 9.34. The van der Waals surface area contributed by atoms with Crippen molar-refractivity contribution in [2.24, 2.45) is 0 Å². The van der Waals surface area contributed by atoms with Crippen molar-refractivity contribution in [1.29, 1.82) is 0 Å². The molecular weight excluding hydrogens is 340 g/mol. The molecule has 0 aliphatic rings. The van der Waals surface area contributed by atoms with E-state index in [9.17, 15) is 0 Å². The molecule has 0 saturated heterocycles. The number of aromatic nitrogens is 2. The quantitative estimate of drug-likeness (QED) is 0.221. The molecule has 2 nitrogen and oxygen atoms in total. The first-order chi connectivity index (χ1) is 13.9. The summed E-state index contributed by atoms with van der Waals surface area (Å²) in [6.07, 6.45) is 3.60. The van der Waals surface area contributed by atoms with Crippen LogP contribution in [0.3, 0.4) is 0 Å². The van der Waals surface area contributed by atoms with E-state index >= 15 is 0 Å². The van der Waals surface area contributed by atoms with Gasteiger partial charge in [0.2, 0.25) is 0 Å². The van der Waals surface area contributed by atoms with Gasteiger partial charge in [0, 0.05) is 23.2 Å². The van der Waals surface area contributed by atoms with Gasteiger partial charge >= 0.3 is 0 Å². The Morgan fingerprint density at radius 2 is 0.714 bits per heavy atom. The molecule has 132 valence electrons. The zero-order valence-electron chi connectivity index (χ0n) is 15.3. The lowest BCUT2D eigenvalue weighted by Crippen LogP contribution is -1.83. The van der Waals surface area contributed by atoms with Crippen molar-refractivity contribution in [3.05, 3.63) is 109 Å². The van der Waals surface area contributed by atoms with Gasteiger partial charge in [-0.3, -0.25) is 9.97 Å². The van der Waals surface area contributed by atoms with E-state index in [1.165, 1.54) is 21.5 Å². The van der Waals surface area contributed by atoms with Gasteiger partial charge in [0.15, 0.2) is 0 Å². The molecule has 0 bridgehead atoms. The van der Waals surface area contributed by atoms with Crippen LogP contribution in [0.25, 0.3) is 43.4 Å². The van der Waals surface area contributed by atoms with Crippen molar-refractivity contribution < 1.29 is 0 Å². The van der Waals surface area contributed by atoms with Crippen LogP contribution in [0, 0.1) is 0 Å². The van der Waals surface area contributed by atoms with Gasteiger partial charge < -0.3 is 0 Å². The van der Waals surface area contributed by atoms with E-state index in [1.54, 1.807) is 12.4 Å². The van der Waals surface area contributed by atoms with Crippen LogP contribution in [0.5, 0.6) is 0 Å². The summed E-state index contributed by atoms with van der Waals surface area (Å²) < 4.78 is 0. The van der Waals surface area contributed by atoms with Crippen LogP contribution >= 0.6 is 0 Å². The summed E-state index contributed by atoms with van der Waals surface area (Å²) in [5.41, 5.74) is 1.95. The zero-order valence-corrected chi connectivity index (χ0v) is 15.3. The van der Waals surface area contributed by atoms with E-state index in [2.05, 4.69) is 94.9 Å². The Balaban J connectivity index is 0.000000122. The molecular formula is C26H18N2. The molecule has 4 aromatic carbocycles. The summed E-state index contributed by atoms with van der Waals surface area (Å²) in [7, 11) is 0. The summed E-state index contributed by atoms with van der Waals surface area (Å²) in [6.45, 7) is 0. The zero-order chi connectivity index (χ0) is 18.8. The van der Waals surface area contributed by atoms with E-state index in [0.29, 0.717) is 0 Å². The van der Waals surface area contributed by atoms with Crippen molar-refractivity contribution in [3.63, 3.8) is 0 Å². The van der Waals surface area contributed by atoms with E-state index < -0.39 is 0 Å².